The first-order valence-corrected chi connectivity index (χ1v) is 10.8. The maximum Gasteiger partial charge on any atom is 0.240 e. The summed E-state index contributed by atoms with van der Waals surface area (Å²) in [4.78, 5) is 14.5. The van der Waals surface area contributed by atoms with E-state index in [1.165, 1.54) is 31.0 Å². The molecule has 1 saturated heterocycles. The van der Waals surface area contributed by atoms with E-state index in [0.29, 0.717) is 6.54 Å². The lowest BCUT2D eigenvalue weighted by Gasteiger charge is -2.30. The number of benzene rings is 1. The van der Waals surface area contributed by atoms with Gasteiger partial charge in [0, 0.05) is 6.54 Å². The number of likely N-dealkylation sites (tertiary alicyclic amines) is 1. The van der Waals surface area contributed by atoms with Gasteiger partial charge in [-0.25, -0.2) is 12.8 Å². The fraction of sp³-hybridized carbons (Fsp3) is 0.611. The van der Waals surface area contributed by atoms with Crippen molar-refractivity contribution in [3.05, 3.63) is 30.1 Å². The highest BCUT2D eigenvalue weighted by atomic mass is 32.2. The molecular formula is C18H28FN3O3S. The minimum absolute atomic E-state index is 0.144. The molecule has 0 unspecified atom stereocenters. The van der Waals surface area contributed by atoms with Gasteiger partial charge in [-0.3, -0.25) is 9.10 Å². The zero-order valence-corrected chi connectivity index (χ0v) is 16.3. The number of anilines is 1. The zero-order chi connectivity index (χ0) is 19.2. The van der Waals surface area contributed by atoms with Crippen LogP contribution in [-0.2, 0) is 14.8 Å². The average molecular weight is 386 g/mol. The second-order valence-corrected chi connectivity index (χ2v) is 8.88. The number of nitrogens with one attached hydrogen (secondary N) is 1. The quantitative estimate of drug-likeness (QED) is 0.693. The van der Waals surface area contributed by atoms with Crippen molar-refractivity contribution in [2.24, 2.45) is 5.92 Å². The van der Waals surface area contributed by atoms with Gasteiger partial charge in [0.05, 0.1) is 11.9 Å². The molecule has 1 aromatic rings. The number of rotatable bonds is 8. The smallest absolute Gasteiger partial charge is 0.240 e. The topological polar surface area (TPSA) is 69.7 Å². The van der Waals surface area contributed by atoms with Crippen LogP contribution in [0.4, 0.5) is 10.1 Å². The highest BCUT2D eigenvalue weighted by Crippen LogP contribution is 2.18. The van der Waals surface area contributed by atoms with Crippen LogP contribution < -0.4 is 9.62 Å². The molecule has 146 valence electrons. The fourth-order valence-corrected chi connectivity index (χ4v) is 3.88. The summed E-state index contributed by atoms with van der Waals surface area (Å²) < 4.78 is 38.2. The summed E-state index contributed by atoms with van der Waals surface area (Å²) in [5.41, 5.74) is 0.144. The molecule has 1 heterocycles. The fourth-order valence-electron chi connectivity index (χ4n) is 3.03. The Bertz CT molecular complexity index is 703. The first-order chi connectivity index (χ1) is 12.3. The third kappa shape index (κ3) is 6.57. The van der Waals surface area contributed by atoms with E-state index in [-0.39, 0.29) is 12.2 Å². The Morgan fingerprint density at radius 3 is 2.65 bits per heavy atom. The van der Waals surface area contributed by atoms with Gasteiger partial charge in [-0.2, -0.15) is 0 Å². The number of piperidine rings is 1. The van der Waals surface area contributed by atoms with Crippen molar-refractivity contribution < 1.29 is 17.6 Å². The molecule has 1 fully saturated rings. The van der Waals surface area contributed by atoms with Crippen LogP contribution in [-0.4, -0.2) is 58.2 Å². The monoisotopic (exact) mass is 385 g/mol. The molecule has 26 heavy (non-hydrogen) atoms. The second-order valence-electron chi connectivity index (χ2n) is 6.98. The van der Waals surface area contributed by atoms with Crippen LogP contribution in [0, 0.1) is 11.7 Å². The van der Waals surface area contributed by atoms with Crippen molar-refractivity contribution in [1.82, 2.24) is 10.2 Å². The molecule has 8 heteroatoms. The van der Waals surface area contributed by atoms with E-state index in [1.54, 1.807) is 0 Å². The summed E-state index contributed by atoms with van der Waals surface area (Å²) in [6.07, 6.45) is 4.24. The van der Waals surface area contributed by atoms with E-state index < -0.39 is 21.7 Å². The Kier molecular flexibility index (Phi) is 7.40. The Morgan fingerprint density at radius 2 is 2.04 bits per heavy atom. The third-order valence-electron chi connectivity index (χ3n) is 4.63. The molecule has 0 bridgehead atoms. The van der Waals surface area contributed by atoms with Gasteiger partial charge in [-0.15, -0.1) is 0 Å². The van der Waals surface area contributed by atoms with Crippen molar-refractivity contribution in [1.29, 1.82) is 0 Å². The Labute approximate surface area is 155 Å². The predicted molar refractivity (Wildman–Crippen MR) is 101 cm³/mol. The van der Waals surface area contributed by atoms with Gasteiger partial charge in [-0.1, -0.05) is 13.0 Å². The Morgan fingerprint density at radius 1 is 1.35 bits per heavy atom. The molecule has 0 spiro atoms. The van der Waals surface area contributed by atoms with E-state index in [4.69, 9.17) is 0 Å². The SMILES string of the molecule is CC1CCN(CCCNC(=O)CN(c2cccc(F)c2)S(C)(=O)=O)CC1. The number of carbonyl (C=O) groups excluding carboxylic acids is 1. The molecule has 1 N–H and O–H groups in total. The molecule has 0 radical (unpaired) electrons. The van der Waals surface area contributed by atoms with Gasteiger partial charge in [0.15, 0.2) is 0 Å². The number of halogens is 1. The number of hydrogen-bond donors (Lipinski definition) is 1. The minimum atomic E-state index is -3.69. The van der Waals surface area contributed by atoms with E-state index in [9.17, 15) is 17.6 Å². The summed E-state index contributed by atoms with van der Waals surface area (Å²) >= 11 is 0. The number of hydrogen-bond acceptors (Lipinski definition) is 4. The lowest BCUT2D eigenvalue weighted by atomic mass is 9.99. The second kappa shape index (κ2) is 9.32. The molecule has 0 aliphatic carbocycles. The maximum absolute atomic E-state index is 13.4. The predicted octanol–water partition coefficient (Wildman–Crippen LogP) is 1.83. The summed E-state index contributed by atoms with van der Waals surface area (Å²) in [6.45, 7) is 5.51. The molecule has 0 saturated carbocycles. The summed E-state index contributed by atoms with van der Waals surface area (Å²) in [6, 6.07) is 5.21. The largest absolute Gasteiger partial charge is 0.354 e. The maximum atomic E-state index is 13.4. The van der Waals surface area contributed by atoms with Crippen LogP contribution in [0.5, 0.6) is 0 Å². The van der Waals surface area contributed by atoms with E-state index in [2.05, 4.69) is 17.1 Å². The molecule has 1 aliphatic heterocycles. The van der Waals surface area contributed by atoms with E-state index >= 15 is 0 Å². The standard InChI is InChI=1S/C18H28FN3O3S/c1-15-7-11-21(12-8-15)10-4-9-20-18(23)14-22(26(2,24)25)17-6-3-5-16(19)13-17/h3,5-6,13,15H,4,7-12,14H2,1-2H3,(H,20,23). The van der Waals surface area contributed by atoms with Crippen molar-refractivity contribution in [2.45, 2.75) is 26.2 Å². The molecular weight excluding hydrogens is 357 g/mol. The summed E-state index contributed by atoms with van der Waals surface area (Å²) in [5, 5.41) is 2.75. The average Bonchev–Trinajstić information content (AvgIpc) is 2.57. The first kappa shape index (κ1) is 20.6. The highest BCUT2D eigenvalue weighted by Gasteiger charge is 2.21. The molecule has 1 aromatic carbocycles. The van der Waals surface area contributed by atoms with Crippen LogP contribution in [0.2, 0.25) is 0 Å². The molecule has 0 aromatic heterocycles. The number of carbonyl (C=O) groups is 1. The van der Waals surface area contributed by atoms with Crippen molar-refractivity contribution in [3.8, 4) is 0 Å². The summed E-state index contributed by atoms with van der Waals surface area (Å²) in [5.74, 6) is -0.157. The van der Waals surface area contributed by atoms with Crippen LogP contribution in [0.15, 0.2) is 24.3 Å². The van der Waals surface area contributed by atoms with Crippen LogP contribution >= 0.6 is 0 Å². The molecule has 6 nitrogen and oxygen atoms in total. The summed E-state index contributed by atoms with van der Waals surface area (Å²) in [7, 11) is -3.69. The minimum Gasteiger partial charge on any atom is -0.354 e. The van der Waals surface area contributed by atoms with Crippen molar-refractivity contribution in [3.63, 3.8) is 0 Å². The number of nitrogens with zero attached hydrogens (tertiary/aromatic N) is 2. The lowest BCUT2D eigenvalue weighted by Crippen LogP contribution is -2.41. The van der Waals surface area contributed by atoms with Gasteiger partial charge in [-0.05, 0) is 63.0 Å². The lowest BCUT2D eigenvalue weighted by molar-refractivity contribution is -0.119. The van der Waals surface area contributed by atoms with E-state index in [1.807, 2.05) is 0 Å². The molecule has 1 aliphatic rings. The normalized spacial score (nSPS) is 16.4. The Hall–Kier alpha value is -1.67. The van der Waals surface area contributed by atoms with Gasteiger partial charge in [0.2, 0.25) is 15.9 Å². The van der Waals surface area contributed by atoms with Crippen LogP contribution in [0.3, 0.4) is 0 Å². The molecule has 2 rings (SSSR count). The number of amides is 1. The van der Waals surface area contributed by atoms with Gasteiger partial charge in [0.1, 0.15) is 12.4 Å². The Balaban J connectivity index is 1.80. The van der Waals surface area contributed by atoms with E-state index in [0.717, 1.165) is 48.6 Å². The van der Waals surface area contributed by atoms with Crippen LogP contribution in [0.1, 0.15) is 26.2 Å². The van der Waals surface area contributed by atoms with Gasteiger partial charge in [0.25, 0.3) is 0 Å². The zero-order valence-electron chi connectivity index (χ0n) is 15.4. The first-order valence-electron chi connectivity index (χ1n) is 8.98. The third-order valence-corrected chi connectivity index (χ3v) is 5.77. The number of sulfonamides is 1. The van der Waals surface area contributed by atoms with Crippen LogP contribution in [0.25, 0.3) is 0 Å². The van der Waals surface area contributed by atoms with Gasteiger partial charge < -0.3 is 10.2 Å². The molecule has 1 amide bonds. The molecule has 0 atom stereocenters. The van der Waals surface area contributed by atoms with Gasteiger partial charge >= 0.3 is 0 Å². The van der Waals surface area contributed by atoms with Crippen molar-refractivity contribution >= 4 is 21.6 Å². The highest BCUT2D eigenvalue weighted by molar-refractivity contribution is 7.92. The van der Waals surface area contributed by atoms with Crippen molar-refractivity contribution in [2.75, 3.05) is 43.3 Å².